The first kappa shape index (κ1) is 15.0. The number of carbonyl (C=O) groups is 2. The van der Waals surface area contributed by atoms with Crippen molar-refractivity contribution in [2.45, 2.75) is 18.4 Å². The molecule has 1 unspecified atom stereocenters. The Morgan fingerprint density at radius 3 is 2.06 bits per heavy atom. The molecule has 0 bridgehead atoms. The number of carboxylic acids is 1. The average molecular weight is 234 g/mol. The molecule has 94 valence electrons. The Bertz CT molecular complexity index is 271. The maximum absolute atomic E-state index is 11.6. The fraction of sp³-hybridized carbons (Fsp3) is 0.800. The molecule has 0 fully saturated rings. The third-order valence-corrected chi connectivity index (χ3v) is 2.04. The summed E-state index contributed by atoms with van der Waals surface area (Å²) in [7, 11) is 5.25. The van der Waals surface area contributed by atoms with Crippen LogP contribution in [0.4, 0.5) is 0 Å². The summed E-state index contributed by atoms with van der Waals surface area (Å²) in [5.41, 5.74) is -1.91. The van der Waals surface area contributed by atoms with Crippen LogP contribution in [-0.4, -0.2) is 71.5 Å². The number of carbonyl (C=O) groups excluding carboxylic acids is 1. The molecule has 0 heterocycles. The summed E-state index contributed by atoms with van der Waals surface area (Å²) in [5, 5.41) is 27.4. The highest BCUT2D eigenvalue weighted by molar-refractivity contribution is 5.91. The Kier molecular flexibility index (Phi) is 5.05. The molecule has 0 aliphatic carbocycles. The number of quaternary nitrogens is 1. The van der Waals surface area contributed by atoms with Crippen LogP contribution in [0.2, 0.25) is 0 Å². The van der Waals surface area contributed by atoms with E-state index in [-0.39, 0.29) is 17.4 Å². The second-order valence-electron chi connectivity index (χ2n) is 4.95. The summed E-state index contributed by atoms with van der Waals surface area (Å²) in [6.45, 7) is -0.393. The summed E-state index contributed by atoms with van der Waals surface area (Å²) in [5.74, 6) is -1.87. The van der Waals surface area contributed by atoms with E-state index in [1.807, 2.05) is 0 Å². The molecule has 3 N–H and O–H groups in total. The van der Waals surface area contributed by atoms with Crippen LogP contribution in [0.1, 0.15) is 12.8 Å². The number of aliphatic hydroxyl groups excluding tert-OH is 1. The minimum atomic E-state index is -1.91. The SMILES string of the molecule is C[N+](C)(C)CC(O)(CC(=O)O)C(=O)CCO. The van der Waals surface area contributed by atoms with E-state index in [2.05, 4.69) is 0 Å². The zero-order valence-electron chi connectivity index (χ0n) is 9.93. The van der Waals surface area contributed by atoms with Gasteiger partial charge in [-0.15, -0.1) is 0 Å². The predicted octanol–water partition coefficient (Wildman–Crippen LogP) is -1.15. The highest BCUT2D eigenvalue weighted by Crippen LogP contribution is 2.17. The quantitative estimate of drug-likeness (QED) is 0.483. The summed E-state index contributed by atoms with van der Waals surface area (Å²) in [6, 6.07) is 0. The summed E-state index contributed by atoms with van der Waals surface area (Å²) in [6.07, 6.45) is -0.870. The number of aliphatic carboxylic acids is 1. The molecule has 0 rings (SSSR count). The average Bonchev–Trinajstić information content (AvgIpc) is 1.98. The van der Waals surface area contributed by atoms with Crippen LogP contribution in [-0.2, 0) is 9.59 Å². The van der Waals surface area contributed by atoms with Gasteiger partial charge in [-0.05, 0) is 0 Å². The van der Waals surface area contributed by atoms with Gasteiger partial charge in [0.1, 0.15) is 6.54 Å². The molecule has 0 aromatic carbocycles. The van der Waals surface area contributed by atoms with Crippen molar-refractivity contribution in [2.24, 2.45) is 0 Å². The molecule has 0 aromatic heterocycles. The largest absolute Gasteiger partial charge is 0.481 e. The van der Waals surface area contributed by atoms with Gasteiger partial charge in [-0.2, -0.15) is 0 Å². The smallest absolute Gasteiger partial charge is 0.306 e. The third-order valence-electron chi connectivity index (χ3n) is 2.04. The van der Waals surface area contributed by atoms with Crippen LogP contribution in [0.3, 0.4) is 0 Å². The van der Waals surface area contributed by atoms with Crippen molar-refractivity contribution in [3.05, 3.63) is 0 Å². The second kappa shape index (κ2) is 5.38. The van der Waals surface area contributed by atoms with Crippen LogP contribution in [0, 0.1) is 0 Å². The van der Waals surface area contributed by atoms with Gasteiger partial charge in [-0.3, -0.25) is 9.59 Å². The molecule has 0 spiro atoms. The number of likely N-dealkylation sites (N-methyl/N-ethyl adjacent to an activating group) is 1. The lowest BCUT2D eigenvalue weighted by atomic mass is 9.91. The van der Waals surface area contributed by atoms with Gasteiger partial charge < -0.3 is 19.8 Å². The van der Waals surface area contributed by atoms with E-state index in [1.165, 1.54) is 0 Å². The molecule has 0 radical (unpaired) electrons. The summed E-state index contributed by atoms with van der Waals surface area (Å²) < 4.78 is 0.265. The molecule has 6 heteroatoms. The first-order valence-electron chi connectivity index (χ1n) is 4.99. The molecule has 0 aliphatic rings. The molecule has 1 atom stereocenters. The maximum Gasteiger partial charge on any atom is 0.306 e. The number of ketones is 1. The third kappa shape index (κ3) is 5.20. The maximum atomic E-state index is 11.6. The van der Waals surface area contributed by atoms with Gasteiger partial charge in [0.25, 0.3) is 0 Å². The van der Waals surface area contributed by atoms with Crippen LogP contribution in [0.25, 0.3) is 0 Å². The van der Waals surface area contributed by atoms with E-state index in [4.69, 9.17) is 10.2 Å². The Hall–Kier alpha value is -0.980. The number of carboxylic acid groups (broad SMARTS) is 1. The zero-order valence-corrected chi connectivity index (χ0v) is 9.93. The number of nitrogens with zero attached hydrogens (tertiary/aromatic N) is 1. The van der Waals surface area contributed by atoms with Crippen molar-refractivity contribution in [3.63, 3.8) is 0 Å². The van der Waals surface area contributed by atoms with E-state index in [1.54, 1.807) is 21.1 Å². The van der Waals surface area contributed by atoms with E-state index in [0.717, 1.165) is 0 Å². The van der Waals surface area contributed by atoms with E-state index >= 15 is 0 Å². The molecule has 0 aliphatic heterocycles. The highest BCUT2D eigenvalue weighted by Gasteiger charge is 2.42. The molecular formula is C10H20NO5+. The van der Waals surface area contributed by atoms with Crippen LogP contribution < -0.4 is 0 Å². The fourth-order valence-electron chi connectivity index (χ4n) is 1.61. The molecule has 16 heavy (non-hydrogen) atoms. The highest BCUT2D eigenvalue weighted by atomic mass is 16.4. The molecule has 0 saturated carbocycles. The molecule has 6 nitrogen and oxygen atoms in total. The van der Waals surface area contributed by atoms with Crippen molar-refractivity contribution in [2.75, 3.05) is 34.3 Å². The van der Waals surface area contributed by atoms with Crippen molar-refractivity contribution < 1.29 is 29.4 Å². The second-order valence-corrected chi connectivity index (χ2v) is 4.95. The van der Waals surface area contributed by atoms with Crippen LogP contribution in [0.15, 0.2) is 0 Å². The van der Waals surface area contributed by atoms with Gasteiger partial charge in [0.05, 0.1) is 34.2 Å². The van der Waals surface area contributed by atoms with Gasteiger partial charge in [-0.25, -0.2) is 0 Å². The Labute approximate surface area is 94.7 Å². The van der Waals surface area contributed by atoms with Gasteiger partial charge in [-0.1, -0.05) is 0 Å². The number of rotatable bonds is 7. The Morgan fingerprint density at radius 2 is 1.75 bits per heavy atom. The normalized spacial score (nSPS) is 15.6. The predicted molar refractivity (Wildman–Crippen MR) is 56.8 cm³/mol. The van der Waals surface area contributed by atoms with E-state index in [0.29, 0.717) is 0 Å². The molecule has 0 aromatic rings. The van der Waals surface area contributed by atoms with Crippen molar-refractivity contribution >= 4 is 11.8 Å². The molecular weight excluding hydrogens is 214 g/mol. The van der Waals surface area contributed by atoms with Gasteiger partial charge in [0, 0.05) is 6.42 Å². The van der Waals surface area contributed by atoms with Gasteiger partial charge in [0.15, 0.2) is 11.4 Å². The number of hydrogen-bond donors (Lipinski definition) is 3. The van der Waals surface area contributed by atoms with Crippen molar-refractivity contribution in [1.29, 1.82) is 0 Å². The Morgan fingerprint density at radius 1 is 1.25 bits per heavy atom. The summed E-state index contributed by atoms with van der Waals surface area (Å²) >= 11 is 0. The number of hydrogen-bond acceptors (Lipinski definition) is 4. The number of aliphatic hydroxyl groups is 2. The number of Topliss-reactive ketones (excluding diaryl/α,β-unsaturated/α-hetero) is 1. The topological polar surface area (TPSA) is 94.8 Å². The monoisotopic (exact) mass is 234 g/mol. The minimum Gasteiger partial charge on any atom is -0.481 e. The van der Waals surface area contributed by atoms with Gasteiger partial charge >= 0.3 is 5.97 Å². The van der Waals surface area contributed by atoms with Crippen molar-refractivity contribution in [3.8, 4) is 0 Å². The lowest BCUT2D eigenvalue weighted by Gasteiger charge is -2.33. The zero-order chi connectivity index (χ0) is 13.0. The minimum absolute atomic E-state index is 0.00185. The fourth-order valence-corrected chi connectivity index (χ4v) is 1.61. The Balaban J connectivity index is 4.87. The summed E-state index contributed by atoms with van der Waals surface area (Å²) in [4.78, 5) is 22.2. The lowest BCUT2D eigenvalue weighted by Crippen LogP contribution is -2.55. The van der Waals surface area contributed by atoms with E-state index in [9.17, 15) is 14.7 Å². The first-order valence-corrected chi connectivity index (χ1v) is 4.99. The van der Waals surface area contributed by atoms with Gasteiger partial charge in [0.2, 0.25) is 0 Å². The van der Waals surface area contributed by atoms with E-state index < -0.39 is 30.4 Å². The lowest BCUT2D eigenvalue weighted by molar-refractivity contribution is -0.875. The van der Waals surface area contributed by atoms with Crippen LogP contribution >= 0.6 is 0 Å². The molecule has 0 amide bonds. The first-order chi connectivity index (χ1) is 7.10. The standard InChI is InChI=1S/C10H19NO5/c1-11(2,3)7-10(16,6-9(14)15)8(13)4-5-12/h12,16H,4-7H2,1-3H3/p+1. The van der Waals surface area contributed by atoms with Crippen molar-refractivity contribution in [1.82, 2.24) is 0 Å². The molecule has 0 saturated heterocycles. The van der Waals surface area contributed by atoms with Crippen LogP contribution in [0.5, 0.6) is 0 Å².